The number of thiazole rings is 1. The third kappa shape index (κ3) is 2.52. The zero-order valence-electron chi connectivity index (χ0n) is 12.1. The standard InChI is InChI=1S/C17H10F2N2O2S/c18-16(19)23-11-7-5-10(6-8-11)9-14-15(22)21-13-4-2-1-3-12(13)20-17(21)24-14/h1-9,16H/b14-9+. The van der Waals surface area contributed by atoms with Crippen molar-refractivity contribution in [3.63, 3.8) is 0 Å². The van der Waals surface area contributed by atoms with Crippen LogP contribution in [0.5, 0.6) is 5.75 Å². The van der Waals surface area contributed by atoms with E-state index < -0.39 is 6.61 Å². The van der Waals surface area contributed by atoms with Crippen LogP contribution in [-0.2, 0) is 0 Å². The van der Waals surface area contributed by atoms with Gasteiger partial charge < -0.3 is 4.74 Å². The molecule has 0 bridgehead atoms. The van der Waals surface area contributed by atoms with Crippen molar-refractivity contribution in [1.82, 2.24) is 9.38 Å². The third-order valence-corrected chi connectivity index (χ3v) is 4.52. The Kier molecular flexibility index (Phi) is 3.50. The van der Waals surface area contributed by atoms with Gasteiger partial charge in [0.15, 0.2) is 4.96 Å². The maximum atomic E-state index is 12.6. The predicted octanol–water partition coefficient (Wildman–Crippen LogP) is 3.06. The van der Waals surface area contributed by atoms with Crippen molar-refractivity contribution in [2.45, 2.75) is 6.61 Å². The van der Waals surface area contributed by atoms with Gasteiger partial charge in [0.2, 0.25) is 0 Å². The van der Waals surface area contributed by atoms with Gasteiger partial charge in [-0.05, 0) is 35.9 Å². The summed E-state index contributed by atoms with van der Waals surface area (Å²) in [4.78, 5) is 17.7. The smallest absolute Gasteiger partial charge is 0.387 e. The molecule has 120 valence electrons. The molecule has 0 spiro atoms. The summed E-state index contributed by atoms with van der Waals surface area (Å²) < 4.78 is 30.7. The van der Waals surface area contributed by atoms with E-state index in [0.29, 0.717) is 9.49 Å². The quantitative estimate of drug-likeness (QED) is 0.574. The van der Waals surface area contributed by atoms with Crippen LogP contribution in [0.3, 0.4) is 0 Å². The minimum Gasteiger partial charge on any atom is -0.435 e. The molecule has 0 aliphatic heterocycles. The van der Waals surface area contributed by atoms with Crippen molar-refractivity contribution >= 4 is 33.4 Å². The van der Waals surface area contributed by atoms with Crippen molar-refractivity contribution in [1.29, 1.82) is 0 Å². The molecule has 4 nitrogen and oxygen atoms in total. The molecule has 0 saturated heterocycles. The van der Waals surface area contributed by atoms with Gasteiger partial charge in [0.1, 0.15) is 5.75 Å². The number of hydrogen-bond acceptors (Lipinski definition) is 4. The second-order valence-electron chi connectivity index (χ2n) is 5.08. The van der Waals surface area contributed by atoms with Crippen LogP contribution in [0.4, 0.5) is 8.78 Å². The predicted molar refractivity (Wildman–Crippen MR) is 88.7 cm³/mol. The zero-order valence-corrected chi connectivity index (χ0v) is 13.0. The number of hydrogen-bond donors (Lipinski definition) is 0. The summed E-state index contributed by atoms with van der Waals surface area (Å²) in [5.74, 6) is 0.0801. The highest BCUT2D eigenvalue weighted by molar-refractivity contribution is 7.15. The number of ether oxygens (including phenoxy) is 1. The van der Waals surface area contributed by atoms with Crippen molar-refractivity contribution in [3.05, 3.63) is 69.0 Å². The average Bonchev–Trinajstić information content (AvgIpc) is 3.06. The largest absolute Gasteiger partial charge is 0.435 e. The molecule has 4 rings (SSSR count). The summed E-state index contributed by atoms with van der Waals surface area (Å²) in [7, 11) is 0. The second-order valence-corrected chi connectivity index (χ2v) is 6.09. The van der Waals surface area contributed by atoms with Crippen molar-refractivity contribution < 1.29 is 13.5 Å². The fraction of sp³-hybridized carbons (Fsp3) is 0.0588. The number of fused-ring (bicyclic) bond motifs is 3. The summed E-state index contributed by atoms with van der Waals surface area (Å²) in [6, 6.07) is 13.6. The summed E-state index contributed by atoms with van der Waals surface area (Å²) in [6.07, 6.45) is 1.71. The summed E-state index contributed by atoms with van der Waals surface area (Å²) >= 11 is 1.29. The van der Waals surface area contributed by atoms with Gasteiger partial charge in [0.25, 0.3) is 5.56 Å². The number of para-hydroxylation sites is 2. The highest BCUT2D eigenvalue weighted by Crippen LogP contribution is 2.17. The molecule has 2 aromatic heterocycles. The minimum atomic E-state index is -2.86. The zero-order chi connectivity index (χ0) is 16.7. The molecular formula is C17H10F2N2O2S. The van der Waals surface area contributed by atoms with E-state index in [9.17, 15) is 13.6 Å². The summed E-state index contributed by atoms with van der Waals surface area (Å²) in [6.45, 7) is -2.86. The van der Waals surface area contributed by atoms with Gasteiger partial charge in [0, 0.05) is 0 Å². The Balaban J connectivity index is 1.80. The molecule has 24 heavy (non-hydrogen) atoms. The SMILES string of the molecule is O=c1/c(=C\c2ccc(OC(F)F)cc2)sc2nc3ccccc3n12. The first-order valence-electron chi connectivity index (χ1n) is 7.08. The van der Waals surface area contributed by atoms with Gasteiger partial charge in [-0.3, -0.25) is 4.79 Å². The van der Waals surface area contributed by atoms with Crippen LogP contribution < -0.4 is 14.8 Å². The first-order chi connectivity index (χ1) is 11.6. The lowest BCUT2D eigenvalue weighted by Crippen LogP contribution is -2.22. The molecule has 0 unspecified atom stereocenters. The first kappa shape index (κ1) is 14.8. The van der Waals surface area contributed by atoms with E-state index in [2.05, 4.69) is 9.72 Å². The summed E-state index contributed by atoms with van der Waals surface area (Å²) in [5.41, 5.74) is 2.13. The average molecular weight is 344 g/mol. The van der Waals surface area contributed by atoms with Crippen molar-refractivity contribution in [2.75, 3.05) is 0 Å². The Hall–Kier alpha value is -2.80. The van der Waals surface area contributed by atoms with E-state index in [4.69, 9.17) is 0 Å². The Morgan fingerprint density at radius 2 is 1.88 bits per heavy atom. The molecule has 7 heteroatoms. The van der Waals surface area contributed by atoms with E-state index in [0.717, 1.165) is 16.6 Å². The molecule has 0 amide bonds. The molecule has 0 atom stereocenters. The molecular weight excluding hydrogens is 334 g/mol. The fourth-order valence-corrected chi connectivity index (χ4v) is 3.50. The second kappa shape index (κ2) is 5.68. The van der Waals surface area contributed by atoms with E-state index in [1.807, 2.05) is 24.3 Å². The van der Waals surface area contributed by atoms with Crippen LogP contribution in [0, 0.1) is 0 Å². The monoisotopic (exact) mass is 344 g/mol. The van der Waals surface area contributed by atoms with Gasteiger partial charge >= 0.3 is 6.61 Å². The number of benzene rings is 2. The lowest BCUT2D eigenvalue weighted by Gasteiger charge is -2.03. The number of imidazole rings is 1. The van der Waals surface area contributed by atoms with Crippen LogP contribution in [0.2, 0.25) is 0 Å². The molecule has 0 fully saturated rings. The van der Waals surface area contributed by atoms with Crippen LogP contribution in [0.1, 0.15) is 5.56 Å². The number of aromatic nitrogens is 2. The van der Waals surface area contributed by atoms with Gasteiger partial charge in [-0.15, -0.1) is 0 Å². The molecule has 0 aliphatic carbocycles. The maximum absolute atomic E-state index is 12.6. The Morgan fingerprint density at radius 3 is 2.62 bits per heavy atom. The van der Waals surface area contributed by atoms with Crippen molar-refractivity contribution in [2.24, 2.45) is 0 Å². The van der Waals surface area contributed by atoms with E-state index >= 15 is 0 Å². The third-order valence-electron chi connectivity index (χ3n) is 3.55. The molecule has 2 heterocycles. The Morgan fingerprint density at radius 1 is 1.12 bits per heavy atom. The molecule has 4 aromatic rings. The first-order valence-corrected chi connectivity index (χ1v) is 7.90. The van der Waals surface area contributed by atoms with Crippen molar-refractivity contribution in [3.8, 4) is 5.75 Å². The molecule has 0 aliphatic rings. The Bertz CT molecular complexity index is 1130. The molecule has 0 N–H and O–H groups in total. The number of halogens is 2. The van der Waals surface area contributed by atoms with Crippen LogP contribution in [0.15, 0.2) is 53.3 Å². The topological polar surface area (TPSA) is 43.6 Å². The molecule has 2 aromatic carbocycles. The van der Waals surface area contributed by atoms with Gasteiger partial charge in [-0.2, -0.15) is 8.78 Å². The highest BCUT2D eigenvalue weighted by Gasteiger charge is 2.10. The molecule has 0 radical (unpaired) electrons. The molecule has 0 saturated carbocycles. The summed E-state index contributed by atoms with van der Waals surface area (Å²) in [5, 5.41) is 0. The lowest BCUT2D eigenvalue weighted by molar-refractivity contribution is -0.0498. The highest BCUT2D eigenvalue weighted by atomic mass is 32.1. The number of alkyl halides is 2. The van der Waals surface area contributed by atoms with E-state index in [-0.39, 0.29) is 11.3 Å². The van der Waals surface area contributed by atoms with Gasteiger partial charge in [0.05, 0.1) is 15.6 Å². The van der Waals surface area contributed by atoms with Crippen LogP contribution >= 0.6 is 11.3 Å². The van der Waals surface area contributed by atoms with Gasteiger partial charge in [-0.1, -0.05) is 35.6 Å². The van der Waals surface area contributed by atoms with E-state index in [1.165, 1.54) is 23.5 Å². The normalized spacial score (nSPS) is 12.5. The minimum absolute atomic E-state index is 0.0801. The van der Waals surface area contributed by atoms with E-state index in [1.54, 1.807) is 22.6 Å². The number of nitrogens with zero attached hydrogens (tertiary/aromatic N) is 2. The van der Waals surface area contributed by atoms with Crippen LogP contribution in [0.25, 0.3) is 22.1 Å². The Labute approximate surface area is 138 Å². The van der Waals surface area contributed by atoms with Crippen LogP contribution in [-0.4, -0.2) is 16.0 Å². The van der Waals surface area contributed by atoms with Gasteiger partial charge in [-0.25, -0.2) is 9.38 Å². The maximum Gasteiger partial charge on any atom is 0.387 e. The number of rotatable bonds is 3. The lowest BCUT2D eigenvalue weighted by atomic mass is 10.2. The fourth-order valence-electron chi connectivity index (χ4n) is 2.51.